The molecule has 8 heteroatoms. The first-order valence-electron chi connectivity index (χ1n) is 11.1. The molecule has 1 heterocycles. The van der Waals surface area contributed by atoms with Crippen molar-refractivity contribution in [2.24, 2.45) is 5.92 Å². The summed E-state index contributed by atoms with van der Waals surface area (Å²) in [6.45, 7) is 1.17. The molecule has 166 valence electrons. The van der Waals surface area contributed by atoms with Gasteiger partial charge in [-0.2, -0.15) is 0 Å². The van der Waals surface area contributed by atoms with Crippen LogP contribution in [0, 0.1) is 5.92 Å². The van der Waals surface area contributed by atoms with Gasteiger partial charge < -0.3 is 15.4 Å². The van der Waals surface area contributed by atoms with E-state index in [9.17, 15) is 19.2 Å². The second-order valence-electron chi connectivity index (χ2n) is 8.83. The van der Waals surface area contributed by atoms with E-state index in [1.54, 1.807) is 0 Å². The maximum atomic E-state index is 13.2. The number of ether oxygens (including phenoxy) is 1. The Morgan fingerprint density at radius 2 is 1.97 bits per heavy atom. The minimum absolute atomic E-state index is 0.0946. The number of carbonyl (C=O) groups excluding carboxylic acids is 4. The first-order chi connectivity index (χ1) is 14.9. The van der Waals surface area contributed by atoms with E-state index in [4.69, 9.17) is 4.74 Å². The Morgan fingerprint density at radius 1 is 1.19 bits per heavy atom. The fraction of sp³-hybridized carbons (Fsp3) is 0.565. The van der Waals surface area contributed by atoms with Crippen LogP contribution >= 0.6 is 0 Å². The van der Waals surface area contributed by atoms with Gasteiger partial charge in [0.2, 0.25) is 0 Å². The van der Waals surface area contributed by atoms with E-state index in [1.807, 2.05) is 24.3 Å². The van der Waals surface area contributed by atoms with Crippen LogP contribution in [-0.4, -0.2) is 47.9 Å². The highest BCUT2D eigenvalue weighted by Crippen LogP contribution is 2.39. The van der Waals surface area contributed by atoms with Gasteiger partial charge in [-0.05, 0) is 49.1 Å². The molecule has 0 radical (unpaired) electrons. The summed E-state index contributed by atoms with van der Waals surface area (Å²) in [4.78, 5) is 51.1. The average molecular weight is 428 g/mol. The molecule has 0 unspecified atom stereocenters. The fourth-order valence-electron chi connectivity index (χ4n) is 5.05. The lowest BCUT2D eigenvalue weighted by molar-refractivity contribution is -0.151. The zero-order valence-electron chi connectivity index (χ0n) is 17.8. The van der Waals surface area contributed by atoms with Crippen LogP contribution in [0.25, 0.3) is 0 Å². The van der Waals surface area contributed by atoms with Gasteiger partial charge in [0.1, 0.15) is 12.1 Å². The van der Waals surface area contributed by atoms with Gasteiger partial charge in [0, 0.05) is 6.04 Å². The lowest BCUT2D eigenvalue weighted by Crippen LogP contribution is -2.47. The van der Waals surface area contributed by atoms with E-state index >= 15 is 0 Å². The molecule has 0 bridgehead atoms. The number of nitrogens with one attached hydrogen (secondary N) is 2. The highest BCUT2D eigenvalue weighted by atomic mass is 16.5. The summed E-state index contributed by atoms with van der Waals surface area (Å²) in [6.07, 6.45) is 6.34. The molecule has 1 saturated heterocycles. The van der Waals surface area contributed by atoms with Gasteiger partial charge in [-0.1, -0.05) is 44.0 Å². The van der Waals surface area contributed by atoms with Crippen LogP contribution in [0.3, 0.4) is 0 Å². The number of amides is 4. The third kappa shape index (κ3) is 4.16. The molecule has 1 spiro atoms. The zero-order valence-corrected chi connectivity index (χ0v) is 17.8. The standard InChI is InChI=1S/C23H29N3O5/c1-15-7-2-5-11-18(15)24-19(27)14-31-20(28)13-26-21(29)23(25-22(26)30)12-6-9-16-8-3-4-10-17(16)23/h3-4,8,10,15,18H,2,5-7,9,11-14H2,1H3,(H,24,27)(H,25,30)/t15-,18-,23-/m0/s1. The Kier molecular flexibility index (Phi) is 5.98. The van der Waals surface area contributed by atoms with Crippen LogP contribution in [0.15, 0.2) is 24.3 Å². The number of esters is 1. The Balaban J connectivity index is 1.34. The van der Waals surface area contributed by atoms with Crippen molar-refractivity contribution in [2.45, 2.75) is 63.5 Å². The van der Waals surface area contributed by atoms with Crippen molar-refractivity contribution >= 4 is 23.8 Å². The number of urea groups is 1. The van der Waals surface area contributed by atoms with Crippen molar-refractivity contribution in [2.75, 3.05) is 13.2 Å². The number of imide groups is 1. The summed E-state index contributed by atoms with van der Waals surface area (Å²) in [5.41, 5.74) is 0.692. The molecule has 1 saturated carbocycles. The Bertz CT molecular complexity index is 901. The number of fused-ring (bicyclic) bond motifs is 2. The molecule has 3 aliphatic rings. The molecule has 2 aliphatic carbocycles. The van der Waals surface area contributed by atoms with E-state index in [1.165, 1.54) is 6.42 Å². The van der Waals surface area contributed by atoms with Crippen LogP contribution < -0.4 is 10.6 Å². The topological polar surface area (TPSA) is 105 Å². The van der Waals surface area contributed by atoms with Gasteiger partial charge in [-0.25, -0.2) is 4.79 Å². The van der Waals surface area contributed by atoms with Crippen LogP contribution in [0.1, 0.15) is 56.6 Å². The van der Waals surface area contributed by atoms with E-state index < -0.39 is 36.6 Å². The third-order valence-electron chi connectivity index (χ3n) is 6.76. The molecule has 31 heavy (non-hydrogen) atoms. The van der Waals surface area contributed by atoms with Gasteiger partial charge in [-0.15, -0.1) is 0 Å². The van der Waals surface area contributed by atoms with Crippen molar-refractivity contribution in [3.05, 3.63) is 35.4 Å². The molecule has 2 fully saturated rings. The van der Waals surface area contributed by atoms with Crippen LogP contribution in [0.5, 0.6) is 0 Å². The molecule has 4 rings (SSSR count). The predicted molar refractivity (Wildman–Crippen MR) is 112 cm³/mol. The average Bonchev–Trinajstić information content (AvgIpc) is 2.99. The van der Waals surface area contributed by atoms with E-state index in [0.717, 1.165) is 48.1 Å². The van der Waals surface area contributed by atoms with Crippen molar-refractivity contribution in [1.82, 2.24) is 15.5 Å². The maximum Gasteiger partial charge on any atom is 0.326 e. The Hall–Kier alpha value is -2.90. The van der Waals surface area contributed by atoms with Crippen LogP contribution in [-0.2, 0) is 31.1 Å². The summed E-state index contributed by atoms with van der Waals surface area (Å²) < 4.78 is 5.06. The van der Waals surface area contributed by atoms with Crippen LogP contribution in [0.2, 0.25) is 0 Å². The minimum atomic E-state index is -1.12. The van der Waals surface area contributed by atoms with Gasteiger partial charge in [0.05, 0.1) is 0 Å². The van der Waals surface area contributed by atoms with Gasteiger partial charge in [-0.3, -0.25) is 19.3 Å². The highest BCUT2D eigenvalue weighted by Gasteiger charge is 2.54. The first-order valence-corrected chi connectivity index (χ1v) is 11.1. The lowest BCUT2D eigenvalue weighted by Gasteiger charge is -2.33. The summed E-state index contributed by atoms with van der Waals surface area (Å²) in [5.74, 6) is -1.19. The van der Waals surface area contributed by atoms with Crippen molar-refractivity contribution in [3.8, 4) is 0 Å². The molecule has 1 aromatic carbocycles. The molecule has 1 aliphatic heterocycles. The quantitative estimate of drug-likeness (QED) is 0.553. The number of hydrogen-bond donors (Lipinski definition) is 2. The number of carbonyl (C=O) groups is 4. The highest BCUT2D eigenvalue weighted by molar-refractivity contribution is 6.09. The number of rotatable bonds is 5. The van der Waals surface area contributed by atoms with Crippen molar-refractivity contribution in [1.29, 1.82) is 0 Å². The molecular formula is C23H29N3O5. The third-order valence-corrected chi connectivity index (χ3v) is 6.76. The second-order valence-corrected chi connectivity index (χ2v) is 8.83. The van der Waals surface area contributed by atoms with Crippen LogP contribution in [0.4, 0.5) is 4.79 Å². The predicted octanol–water partition coefficient (Wildman–Crippen LogP) is 2.01. The number of aryl methyl sites for hydroxylation is 1. The second kappa shape index (κ2) is 8.69. The molecule has 1 aromatic rings. The smallest absolute Gasteiger partial charge is 0.326 e. The van der Waals surface area contributed by atoms with E-state index in [2.05, 4.69) is 17.6 Å². The molecule has 3 atom stereocenters. The number of hydrogen-bond acceptors (Lipinski definition) is 5. The fourth-order valence-corrected chi connectivity index (χ4v) is 5.05. The summed E-state index contributed by atoms with van der Waals surface area (Å²) in [5, 5.41) is 5.72. The summed E-state index contributed by atoms with van der Waals surface area (Å²) >= 11 is 0. The lowest BCUT2D eigenvalue weighted by atomic mass is 9.76. The SMILES string of the molecule is C[C@H]1CCCC[C@@H]1NC(=O)COC(=O)CN1C(=O)N[C@]2(CCCc3ccccc32)C1=O. The molecule has 2 N–H and O–H groups in total. The number of benzene rings is 1. The summed E-state index contributed by atoms with van der Waals surface area (Å²) in [6, 6.07) is 7.04. The maximum absolute atomic E-state index is 13.2. The van der Waals surface area contributed by atoms with Gasteiger partial charge >= 0.3 is 12.0 Å². The molecule has 4 amide bonds. The molecule has 0 aromatic heterocycles. The minimum Gasteiger partial charge on any atom is -0.454 e. The normalized spacial score (nSPS) is 27.6. The van der Waals surface area contributed by atoms with Crippen molar-refractivity contribution < 1.29 is 23.9 Å². The monoisotopic (exact) mass is 427 g/mol. The van der Waals surface area contributed by atoms with E-state index in [0.29, 0.717) is 12.3 Å². The molecular weight excluding hydrogens is 398 g/mol. The Labute approximate surface area is 181 Å². The largest absolute Gasteiger partial charge is 0.454 e. The van der Waals surface area contributed by atoms with Crippen molar-refractivity contribution in [3.63, 3.8) is 0 Å². The molecule has 8 nitrogen and oxygen atoms in total. The van der Waals surface area contributed by atoms with Gasteiger partial charge in [0.15, 0.2) is 6.61 Å². The Morgan fingerprint density at radius 3 is 2.77 bits per heavy atom. The van der Waals surface area contributed by atoms with Gasteiger partial charge in [0.25, 0.3) is 11.8 Å². The zero-order chi connectivity index (χ0) is 22.0. The summed E-state index contributed by atoms with van der Waals surface area (Å²) in [7, 11) is 0. The first kappa shape index (κ1) is 21.3. The van der Waals surface area contributed by atoms with E-state index in [-0.39, 0.29) is 11.9 Å². The number of nitrogens with zero attached hydrogens (tertiary/aromatic N) is 1.